The van der Waals surface area contributed by atoms with Gasteiger partial charge in [0.25, 0.3) is 5.91 Å². The van der Waals surface area contributed by atoms with Crippen molar-refractivity contribution in [3.05, 3.63) is 60.4 Å². The molecule has 0 aliphatic rings. The Morgan fingerprint density at radius 3 is 2.45 bits per heavy atom. The van der Waals surface area contributed by atoms with Crippen LogP contribution in [0.5, 0.6) is 17.2 Å². The highest BCUT2D eigenvalue weighted by Gasteiger charge is 2.12. The molecule has 150 valence electrons. The smallest absolute Gasteiger partial charge is 0.274 e. The third-order valence-electron chi connectivity index (χ3n) is 3.96. The Bertz CT molecular complexity index is 977. The van der Waals surface area contributed by atoms with Crippen LogP contribution in [0.3, 0.4) is 0 Å². The predicted octanol–water partition coefficient (Wildman–Crippen LogP) is 3.89. The lowest BCUT2D eigenvalue weighted by Crippen LogP contribution is -2.14. The van der Waals surface area contributed by atoms with Gasteiger partial charge >= 0.3 is 0 Å². The van der Waals surface area contributed by atoms with Gasteiger partial charge in [-0.25, -0.2) is 9.97 Å². The topological polar surface area (TPSA) is 94.6 Å². The third-order valence-corrected chi connectivity index (χ3v) is 3.96. The Morgan fingerprint density at radius 1 is 1.00 bits per heavy atom. The van der Waals surface area contributed by atoms with Crippen molar-refractivity contribution in [1.29, 1.82) is 0 Å². The van der Waals surface area contributed by atoms with Crippen molar-refractivity contribution >= 4 is 23.2 Å². The molecule has 0 radical (unpaired) electrons. The summed E-state index contributed by atoms with van der Waals surface area (Å²) in [4.78, 5) is 21.0. The number of aromatic nitrogens is 2. The number of anilines is 3. The predicted molar refractivity (Wildman–Crippen MR) is 110 cm³/mol. The van der Waals surface area contributed by atoms with Crippen molar-refractivity contribution in [3.63, 3.8) is 0 Å². The maximum absolute atomic E-state index is 12.5. The van der Waals surface area contributed by atoms with Crippen molar-refractivity contribution in [2.45, 2.75) is 6.92 Å². The molecule has 8 heteroatoms. The van der Waals surface area contributed by atoms with E-state index >= 15 is 0 Å². The maximum Gasteiger partial charge on any atom is 0.274 e. The zero-order valence-corrected chi connectivity index (χ0v) is 16.4. The molecule has 0 saturated carbocycles. The quantitative estimate of drug-likeness (QED) is 0.598. The maximum atomic E-state index is 12.5. The summed E-state index contributed by atoms with van der Waals surface area (Å²) in [5.74, 6) is 1.90. The summed E-state index contributed by atoms with van der Waals surface area (Å²) in [6.07, 6.45) is 1.51. The second kappa shape index (κ2) is 9.41. The van der Waals surface area contributed by atoms with Crippen LogP contribution in [0.25, 0.3) is 0 Å². The second-order valence-electron chi connectivity index (χ2n) is 5.87. The van der Waals surface area contributed by atoms with E-state index in [0.717, 1.165) is 5.75 Å². The van der Waals surface area contributed by atoms with Gasteiger partial charge < -0.3 is 24.8 Å². The molecule has 0 atom stereocenters. The molecule has 0 aliphatic carbocycles. The fraction of sp³-hybridized carbons (Fsp3) is 0.190. The second-order valence-corrected chi connectivity index (χ2v) is 5.87. The first-order valence-electron chi connectivity index (χ1n) is 8.99. The average molecular weight is 394 g/mol. The summed E-state index contributed by atoms with van der Waals surface area (Å²) in [7, 11) is 3.14. The highest BCUT2D eigenvalue weighted by molar-refractivity contribution is 6.03. The summed E-state index contributed by atoms with van der Waals surface area (Å²) in [6.45, 7) is 2.50. The van der Waals surface area contributed by atoms with Crippen molar-refractivity contribution in [2.24, 2.45) is 0 Å². The van der Waals surface area contributed by atoms with Gasteiger partial charge in [0.05, 0.1) is 26.5 Å². The van der Waals surface area contributed by atoms with Crippen LogP contribution in [0, 0.1) is 0 Å². The lowest BCUT2D eigenvalue weighted by molar-refractivity contribution is 0.102. The Balaban J connectivity index is 1.74. The molecule has 3 aromatic rings. The molecule has 0 bridgehead atoms. The average Bonchev–Trinajstić information content (AvgIpc) is 2.75. The monoisotopic (exact) mass is 394 g/mol. The number of carbonyl (C=O) groups is 1. The fourth-order valence-electron chi connectivity index (χ4n) is 2.57. The van der Waals surface area contributed by atoms with Gasteiger partial charge in [0.2, 0.25) is 5.95 Å². The van der Waals surface area contributed by atoms with E-state index in [1.807, 2.05) is 6.92 Å². The lowest BCUT2D eigenvalue weighted by atomic mass is 10.2. The SMILES string of the molecule is CCOc1ccc(NC(=O)c2ccnc(Nc3cc(OC)ccc3OC)n2)cc1. The Labute approximate surface area is 168 Å². The zero-order chi connectivity index (χ0) is 20.6. The summed E-state index contributed by atoms with van der Waals surface area (Å²) < 4.78 is 16.0. The molecule has 2 N–H and O–H groups in total. The van der Waals surface area contributed by atoms with Crippen LogP contribution < -0.4 is 24.8 Å². The molecule has 3 rings (SSSR count). The molecular weight excluding hydrogens is 372 g/mol. The van der Waals surface area contributed by atoms with Gasteiger partial charge in [-0.1, -0.05) is 0 Å². The van der Waals surface area contributed by atoms with Crippen LogP contribution in [-0.4, -0.2) is 36.7 Å². The number of methoxy groups -OCH3 is 2. The van der Waals surface area contributed by atoms with Gasteiger partial charge in [0.15, 0.2) is 0 Å². The van der Waals surface area contributed by atoms with E-state index in [-0.39, 0.29) is 17.5 Å². The lowest BCUT2D eigenvalue weighted by Gasteiger charge is -2.12. The summed E-state index contributed by atoms with van der Waals surface area (Å²) >= 11 is 0. The summed E-state index contributed by atoms with van der Waals surface area (Å²) in [5, 5.41) is 5.86. The van der Waals surface area contributed by atoms with Gasteiger partial charge in [-0.3, -0.25) is 4.79 Å². The first kappa shape index (κ1) is 19.9. The number of benzene rings is 2. The molecule has 0 aliphatic heterocycles. The van der Waals surface area contributed by atoms with E-state index in [4.69, 9.17) is 14.2 Å². The molecule has 8 nitrogen and oxygen atoms in total. The molecule has 1 aromatic heterocycles. The summed E-state index contributed by atoms with van der Waals surface area (Å²) in [5.41, 5.74) is 1.48. The number of nitrogens with zero attached hydrogens (tertiary/aromatic N) is 2. The minimum absolute atomic E-state index is 0.221. The first-order chi connectivity index (χ1) is 14.1. The number of hydrogen-bond acceptors (Lipinski definition) is 7. The van der Waals surface area contributed by atoms with Gasteiger partial charge in [0.1, 0.15) is 22.9 Å². The van der Waals surface area contributed by atoms with Crippen molar-refractivity contribution in [2.75, 3.05) is 31.5 Å². The molecule has 1 amide bonds. The molecule has 0 fully saturated rings. The van der Waals surface area contributed by atoms with E-state index in [1.54, 1.807) is 56.7 Å². The molecular formula is C21H22N4O4. The van der Waals surface area contributed by atoms with E-state index in [1.165, 1.54) is 12.3 Å². The number of hydrogen-bond donors (Lipinski definition) is 2. The first-order valence-corrected chi connectivity index (χ1v) is 8.99. The van der Waals surface area contributed by atoms with E-state index in [0.29, 0.717) is 29.5 Å². The number of carbonyl (C=O) groups excluding carboxylic acids is 1. The Hall–Kier alpha value is -3.81. The normalized spacial score (nSPS) is 10.2. The molecule has 2 aromatic carbocycles. The number of ether oxygens (including phenoxy) is 3. The Morgan fingerprint density at radius 2 is 1.76 bits per heavy atom. The number of nitrogens with one attached hydrogen (secondary N) is 2. The molecule has 0 saturated heterocycles. The van der Waals surface area contributed by atoms with E-state index < -0.39 is 0 Å². The van der Waals surface area contributed by atoms with Crippen molar-refractivity contribution < 1.29 is 19.0 Å². The van der Waals surface area contributed by atoms with Gasteiger partial charge in [0, 0.05) is 18.0 Å². The summed E-state index contributed by atoms with van der Waals surface area (Å²) in [6, 6.07) is 14.0. The van der Waals surface area contributed by atoms with Crippen LogP contribution in [0.15, 0.2) is 54.7 Å². The van der Waals surface area contributed by atoms with E-state index in [2.05, 4.69) is 20.6 Å². The van der Waals surface area contributed by atoms with Gasteiger partial charge in [-0.15, -0.1) is 0 Å². The molecule has 29 heavy (non-hydrogen) atoms. The molecule has 0 unspecified atom stereocenters. The van der Waals surface area contributed by atoms with Crippen LogP contribution in [-0.2, 0) is 0 Å². The highest BCUT2D eigenvalue weighted by atomic mass is 16.5. The fourth-order valence-corrected chi connectivity index (χ4v) is 2.57. The van der Waals surface area contributed by atoms with Gasteiger partial charge in [-0.05, 0) is 49.4 Å². The third kappa shape index (κ3) is 5.13. The highest BCUT2D eigenvalue weighted by Crippen LogP contribution is 2.30. The molecule has 1 heterocycles. The number of amides is 1. The number of rotatable bonds is 8. The van der Waals surface area contributed by atoms with Crippen LogP contribution in [0.2, 0.25) is 0 Å². The van der Waals surface area contributed by atoms with Crippen LogP contribution in [0.4, 0.5) is 17.3 Å². The van der Waals surface area contributed by atoms with Crippen LogP contribution in [0.1, 0.15) is 17.4 Å². The van der Waals surface area contributed by atoms with Crippen LogP contribution >= 0.6 is 0 Å². The molecule has 0 spiro atoms. The minimum Gasteiger partial charge on any atom is -0.497 e. The largest absolute Gasteiger partial charge is 0.497 e. The Kier molecular flexibility index (Phi) is 6.47. The zero-order valence-electron chi connectivity index (χ0n) is 16.4. The van der Waals surface area contributed by atoms with Gasteiger partial charge in [-0.2, -0.15) is 0 Å². The minimum atomic E-state index is -0.350. The standard InChI is InChI=1S/C21H22N4O4/c1-4-29-15-7-5-14(6-8-15)23-20(26)17-11-12-22-21(24-17)25-18-13-16(27-2)9-10-19(18)28-3/h5-13H,4H2,1-3H3,(H,23,26)(H,22,24,25). The van der Waals surface area contributed by atoms with Crippen molar-refractivity contribution in [1.82, 2.24) is 9.97 Å². The van der Waals surface area contributed by atoms with Crippen molar-refractivity contribution in [3.8, 4) is 17.2 Å². The van der Waals surface area contributed by atoms with E-state index in [9.17, 15) is 4.79 Å².